The van der Waals surface area contributed by atoms with Gasteiger partial charge in [0.05, 0.1) is 0 Å². The third-order valence-corrected chi connectivity index (χ3v) is 2.53. The van der Waals surface area contributed by atoms with Crippen LogP contribution in [0.3, 0.4) is 0 Å². The van der Waals surface area contributed by atoms with Crippen molar-refractivity contribution in [2.45, 2.75) is 26.8 Å². The summed E-state index contributed by atoms with van der Waals surface area (Å²) in [5.41, 5.74) is 5.94. The molecular formula is C12H20ClNPd+. The molecule has 0 saturated carbocycles. The van der Waals surface area contributed by atoms with Crippen molar-refractivity contribution in [2.24, 2.45) is 0 Å². The van der Waals surface area contributed by atoms with Crippen molar-refractivity contribution in [1.82, 2.24) is 4.90 Å². The zero-order chi connectivity index (χ0) is 10.0. The second kappa shape index (κ2) is 7.45. The molecule has 3 heteroatoms. The van der Waals surface area contributed by atoms with E-state index >= 15 is 0 Å². The fourth-order valence-electron chi connectivity index (χ4n) is 1.38. The van der Waals surface area contributed by atoms with Crippen molar-refractivity contribution in [2.75, 3.05) is 14.1 Å². The molecule has 0 amide bonds. The molecule has 0 aromatic heterocycles. The summed E-state index contributed by atoms with van der Waals surface area (Å²) < 4.78 is 0. The van der Waals surface area contributed by atoms with Crippen LogP contribution in [0.2, 0.25) is 0 Å². The minimum absolute atomic E-state index is 0. The summed E-state index contributed by atoms with van der Waals surface area (Å²) in [5, 5.41) is 0. The van der Waals surface area contributed by atoms with Gasteiger partial charge >= 0.3 is 20.4 Å². The van der Waals surface area contributed by atoms with Gasteiger partial charge in [-0.25, -0.2) is 0 Å². The van der Waals surface area contributed by atoms with E-state index in [9.17, 15) is 0 Å². The second-order valence-corrected chi connectivity index (χ2v) is 3.88. The summed E-state index contributed by atoms with van der Waals surface area (Å²) in [5.74, 6) is 1.33. The van der Waals surface area contributed by atoms with E-state index in [0.29, 0.717) is 6.04 Å². The van der Waals surface area contributed by atoms with Crippen LogP contribution in [0.5, 0.6) is 0 Å². The first-order chi connectivity index (χ1) is 6.02. The molecule has 0 saturated heterocycles. The normalized spacial score (nSPS) is 17.5. The molecule has 89 valence electrons. The number of likely N-dealkylation sites (N-methyl/N-ethyl adjacent to an activating group) is 1. The molecular weight excluding hydrogens is 300 g/mol. The van der Waals surface area contributed by atoms with Crippen molar-refractivity contribution in [3.63, 3.8) is 0 Å². The minimum Gasteiger partial charge on any atom is -1.00 e. The van der Waals surface area contributed by atoms with Crippen molar-refractivity contribution >= 4 is 0 Å². The topological polar surface area (TPSA) is 3.24 Å². The summed E-state index contributed by atoms with van der Waals surface area (Å²) in [6.07, 6.45) is 4.28. The Morgan fingerprint density at radius 2 is 1.80 bits per heavy atom. The third kappa shape index (κ3) is 4.68. The van der Waals surface area contributed by atoms with Gasteiger partial charge in [0.1, 0.15) is 0 Å². The number of rotatable bonds is 2. The largest absolute Gasteiger partial charge is 2.00 e. The molecule has 0 bridgehead atoms. The van der Waals surface area contributed by atoms with E-state index in [1.807, 2.05) is 0 Å². The predicted molar refractivity (Wildman–Crippen MR) is 59.5 cm³/mol. The van der Waals surface area contributed by atoms with Crippen LogP contribution in [0.1, 0.15) is 22.2 Å². The molecule has 0 N–H and O–H groups in total. The first kappa shape index (κ1) is 17.6. The van der Waals surface area contributed by atoms with Crippen molar-refractivity contribution in [3.05, 3.63) is 34.9 Å². The van der Waals surface area contributed by atoms with E-state index in [1.165, 1.54) is 17.1 Å². The second-order valence-electron chi connectivity index (χ2n) is 3.88. The molecule has 15 heavy (non-hydrogen) atoms. The van der Waals surface area contributed by atoms with Crippen LogP contribution in [-0.4, -0.2) is 25.0 Å². The molecule has 0 aliphatic heterocycles. The summed E-state index contributed by atoms with van der Waals surface area (Å²) in [7, 11) is 4.20. The Hall–Kier alpha value is 0.172. The molecule has 1 atom stereocenters. The summed E-state index contributed by atoms with van der Waals surface area (Å²) in [6.45, 7) is 6.44. The van der Waals surface area contributed by atoms with Gasteiger partial charge in [-0.1, -0.05) is 19.1 Å². The van der Waals surface area contributed by atoms with Gasteiger partial charge in [-0.3, -0.25) is 0 Å². The Morgan fingerprint density at radius 1 is 1.27 bits per heavy atom. The molecule has 0 aromatic rings. The van der Waals surface area contributed by atoms with E-state index in [4.69, 9.17) is 0 Å². The van der Waals surface area contributed by atoms with E-state index in [-0.39, 0.29) is 34.3 Å². The first-order valence-corrected chi connectivity index (χ1v) is 4.68. The van der Waals surface area contributed by atoms with E-state index < -0.39 is 0 Å². The van der Waals surface area contributed by atoms with Gasteiger partial charge in [-0.15, -0.1) is 5.73 Å². The van der Waals surface area contributed by atoms with Crippen LogP contribution >= 0.6 is 0 Å². The van der Waals surface area contributed by atoms with Crippen LogP contribution in [0.4, 0.5) is 0 Å². The first-order valence-electron chi connectivity index (χ1n) is 4.68. The molecule has 0 fully saturated rings. The van der Waals surface area contributed by atoms with Crippen LogP contribution in [-0.2, 0) is 20.4 Å². The SMILES string of the molecule is C[C]1C=CC(C)=C=C1[C@H](C)N(C)C.[Cl-].[HH].[Pd+2]. The average molecular weight is 320 g/mol. The predicted octanol–water partition coefficient (Wildman–Crippen LogP) is -0.180. The maximum absolute atomic E-state index is 3.42. The zero-order valence-corrected chi connectivity index (χ0v) is 12.2. The minimum atomic E-state index is 0. The average Bonchev–Trinajstić information content (AvgIpc) is 2.08. The number of nitrogens with zero attached hydrogens (tertiary/aromatic N) is 1. The summed E-state index contributed by atoms with van der Waals surface area (Å²) in [6, 6.07) is 0.444. The van der Waals surface area contributed by atoms with Gasteiger partial charge in [0.25, 0.3) is 0 Å². The maximum atomic E-state index is 3.42. The fourth-order valence-corrected chi connectivity index (χ4v) is 1.38. The molecule has 1 radical (unpaired) electrons. The van der Waals surface area contributed by atoms with Gasteiger partial charge < -0.3 is 17.3 Å². The van der Waals surface area contributed by atoms with Crippen LogP contribution < -0.4 is 12.4 Å². The number of allylic oxidation sites excluding steroid dienone is 2. The summed E-state index contributed by atoms with van der Waals surface area (Å²) >= 11 is 0. The number of hydrogen-bond acceptors (Lipinski definition) is 1. The number of halogens is 1. The molecule has 1 aliphatic carbocycles. The maximum Gasteiger partial charge on any atom is 2.00 e. The van der Waals surface area contributed by atoms with E-state index in [0.717, 1.165) is 0 Å². The van der Waals surface area contributed by atoms with Gasteiger partial charge in [0.15, 0.2) is 0 Å². The van der Waals surface area contributed by atoms with Crippen LogP contribution in [0.25, 0.3) is 0 Å². The quantitative estimate of drug-likeness (QED) is 0.504. The third-order valence-electron chi connectivity index (χ3n) is 2.53. The smallest absolute Gasteiger partial charge is 1.00 e. The van der Waals surface area contributed by atoms with Crippen LogP contribution in [0, 0.1) is 5.92 Å². The standard InChI is InChI=1S/C12H18N.ClH.Pd.H2/c1-9-6-7-10(2)12(8-9)11(3)13(4)5;;;/h6-7,11H,1-5H3;1H;;1H/q;;+2;/p-1/t11-;;;/m0.../s1. The Bertz CT molecular complexity index is 293. The Balaban J connectivity index is -0.000000563. The van der Waals surface area contributed by atoms with E-state index in [1.54, 1.807) is 0 Å². The van der Waals surface area contributed by atoms with Crippen molar-refractivity contribution < 1.29 is 34.3 Å². The molecule has 1 rings (SSSR count). The van der Waals surface area contributed by atoms with Gasteiger partial charge in [-0.05, 0) is 39.1 Å². The molecule has 0 aromatic carbocycles. The van der Waals surface area contributed by atoms with Crippen molar-refractivity contribution in [3.8, 4) is 0 Å². The molecule has 1 nitrogen and oxygen atoms in total. The molecule has 0 unspecified atom stereocenters. The molecule has 0 heterocycles. The summed E-state index contributed by atoms with van der Waals surface area (Å²) in [4.78, 5) is 2.21. The Morgan fingerprint density at radius 3 is 2.27 bits per heavy atom. The Kier molecular flexibility index (Phi) is 8.72. The fraction of sp³-hybridized carbons (Fsp3) is 0.500. The van der Waals surface area contributed by atoms with Crippen LogP contribution in [0.15, 0.2) is 29.0 Å². The van der Waals surface area contributed by atoms with Gasteiger partial charge in [0, 0.05) is 13.4 Å². The monoisotopic (exact) mass is 319 g/mol. The Labute approximate surface area is 115 Å². The zero-order valence-electron chi connectivity index (χ0n) is 9.87. The van der Waals surface area contributed by atoms with E-state index in [2.05, 4.69) is 57.6 Å². The molecule has 1 aliphatic rings. The van der Waals surface area contributed by atoms with Crippen molar-refractivity contribution in [1.29, 1.82) is 0 Å². The van der Waals surface area contributed by atoms with Gasteiger partial charge in [-0.2, -0.15) is 0 Å². The van der Waals surface area contributed by atoms with Gasteiger partial charge in [0.2, 0.25) is 0 Å². The molecule has 0 spiro atoms. The number of hydrogen-bond donors (Lipinski definition) is 0.